The molecule has 1 fully saturated rings. The zero-order valence-corrected chi connectivity index (χ0v) is 18.8. The van der Waals surface area contributed by atoms with Crippen molar-refractivity contribution in [3.05, 3.63) is 80.5 Å². The first kappa shape index (κ1) is 21.1. The second-order valence-corrected chi connectivity index (χ2v) is 8.19. The highest BCUT2D eigenvalue weighted by molar-refractivity contribution is 9.10. The molecule has 2 aromatic carbocycles. The van der Waals surface area contributed by atoms with Gasteiger partial charge in [-0.2, -0.15) is 0 Å². The molecule has 0 saturated carbocycles. The highest BCUT2D eigenvalue weighted by Crippen LogP contribution is 2.42. The van der Waals surface area contributed by atoms with Gasteiger partial charge in [0, 0.05) is 16.1 Å². The molecule has 1 amide bonds. The number of carbonyl (C=O) groups excluding carboxylic acids is 2. The Bertz CT molecular complexity index is 1240. The molecule has 1 N–H and O–H groups in total. The van der Waals surface area contributed by atoms with Crippen LogP contribution < -0.4 is 9.64 Å². The first-order valence-corrected chi connectivity index (χ1v) is 10.3. The highest BCUT2D eigenvalue weighted by Gasteiger charge is 2.48. The summed E-state index contributed by atoms with van der Waals surface area (Å²) in [5, 5.41) is 15.3. The van der Waals surface area contributed by atoms with Crippen molar-refractivity contribution in [2.45, 2.75) is 13.0 Å². The van der Waals surface area contributed by atoms with Gasteiger partial charge in [-0.25, -0.2) is 0 Å². The van der Waals surface area contributed by atoms with E-state index in [4.69, 9.17) is 20.9 Å². The molecular formula is C22H16BrClN2O5. The second-order valence-electron chi connectivity index (χ2n) is 6.87. The van der Waals surface area contributed by atoms with Crippen molar-refractivity contribution in [2.24, 2.45) is 0 Å². The minimum atomic E-state index is -0.914. The van der Waals surface area contributed by atoms with Gasteiger partial charge in [0.25, 0.3) is 5.78 Å². The van der Waals surface area contributed by atoms with E-state index < -0.39 is 17.7 Å². The summed E-state index contributed by atoms with van der Waals surface area (Å²) in [6, 6.07) is 12.4. The molecule has 0 radical (unpaired) electrons. The van der Waals surface area contributed by atoms with E-state index in [1.807, 2.05) is 6.07 Å². The molecule has 0 spiro atoms. The third-order valence-electron chi connectivity index (χ3n) is 4.90. The minimum absolute atomic E-state index is 0.0787. The van der Waals surface area contributed by atoms with Gasteiger partial charge in [-0.1, -0.05) is 44.8 Å². The minimum Gasteiger partial charge on any atom is -0.507 e. The third-order valence-corrected chi connectivity index (χ3v) is 5.69. The van der Waals surface area contributed by atoms with Crippen molar-refractivity contribution in [3.63, 3.8) is 0 Å². The van der Waals surface area contributed by atoms with Gasteiger partial charge in [-0.3, -0.25) is 14.5 Å². The van der Waals surface area contributed by atoms with Crippen LogP contribution in [0.15, 0.2) is 63.1 Å². The summed E-state index contributed by atoms with van der Waals surface area (Å²) in [6.45, 7) is 1.68. The number of methoxy groups -OCH3 is 1. The normalized spacial score (nSPS) is 17.9. The van der Waals surface area contributed by atoms with Crippen LogP contribution in [0, 0.1) is 6.92 Å². The maximum atomic E-state index is 13.1. The fraction of sp³-hybridized carbons (Fsp3) is 0.136. The average molecular weight is 504 g/mol. The monoisotopic (exact) mass is 502 g/mol. The van der Waals surface area contributed by atoms with E-state index in [1.165, 1.54) is 18.1 Å². The summed E-state index contributed by atoms with van der Waals surface area (Å²) in [4.78, 5) is 27.3. The number of ether oxygens (including phenoxy) is 1. The van der Waals surface area contributed by atoms with E-state index in [1.54, 1.807) is 43.3 Å². The van der Waals surface area contributed by atoms with Gasteiger partial charge < -0.3 is 14.4 Å². The van der Waals surface area contributed by atoms with Crippen molar-refractivity contribution < 1.29 is 24.0 Å². The molecule has 1 aliphatic rings. The number of rotatable bonds is 4. The van der Waals surface area contributed by atoms with Gasteiger partial charge in [-0.15, -0.1) is 0 Å². The molecular weight excluding hydrogens is 488 g/mol. The zero-order chi connectivity index (χ0) is 22.3. The van der Waals surface area contributed by atoms with E-state index in [0.29, 0.717) is 17.1 Å². The number of nitrogens with zero attached hydrogens (tertiary/aromatic N) is 2. The van der Waals surface area contributed by atoms with Gasteiger partial charge in [0.15, 0.2) is 5.82 Å². The zero-order valence-electron chi connectivity index (χ0n) is 16.4. The van der Waals surface area contributed by atoms with Crippen molar-refractivity contribution in [1.82, 2.24) is 5.16 Å². The second kappa shape index (κ2) is 8.20. The van der Waals surface area contributed by atoms with E-state index in [-0.39, 0.29) is 27.7 Å². The molecule has 4 rings (SSSR count). The van der Waals surface area contributed by atoms with E-state index in [2.05, 4.69) is 21.1 Å². The lowest BCUT2D eigenvalue weighted by atomic mass is 9.95. The fourth-order valence-corrected chi connectivity index (χ4v) is 4.17. The smallest absolute Gasteiger partial charge is 0.301 e. The largest absolute Gasteiger partial charge is 0.507 e. The van der Waals surface area contributed by atoms with Crippen LogP contribution in [0.5, 0.6) is 5.75 Å². The standard InChI is InChI=1S/C22H16BrClN2O5/c1-11-8-17(25-31-11)26-19(12-4-3-5-14(23)9-12)18(21(28)22(26)29)20(27)13-6-7-16(30-2)15(24)10-13/h3-10,19,27H,1-2H3/b20-18+/t19-/m0/s1. The number of hydrogen-bond acceptors (Lipinski definition) is 6. The van der Waals surface area contributed by atoms with Crippen LogP contribution in [0.3, 0.4) is 0 Å². The van der Waals surface area contributed by atoms with Gasteiger partial charge in [0.2, 0.25) is 0 Å². The van der Waals surface area contributed by atoms with Gasteiger partial charge >= 0.3 is 5.91 Å². The van der Waals surface area contributed by atoms with Crippen molar-refractivity contribution in [2.75, 3.05) is 12.0 Å². The highest BCUT2D eigenvalue weighted by atomic mass is 79.9. The Labute approximate surface area is 191 Å². The SMILES string of the molecule is COc1ccc(/C(O)=C2\C(=O)C(=O)N(c3cc(C)on3)[C@H]2c2cccc(Br)c2)cc1Cl. The Morgan fingerprint density at radius 2 is 2.00 bits per heavy atom. The number of hydrogen-bond donors (Lipinski definition) is 1. The number of aliphatic hydroxyl groups is 1. The molecule has 1 aliphatic heterocycles. The molecule has 2 heterocycles. The molecule has 1 saturated heterocycles. The summed E-state index contributed by atoms with van der Waals surface area (Å²) in [7, 11) is 1.47. The molecule has 0 unspecified atom stereocenters. The molecule has 3 aromatic rings. The Balaban J connectivity index is 1.94. The molecule has 31 heavy (non-hydrogen) atoms. The summed E-state index contributed by atoms with van der Waals surface area (Å²) in [5.41, 5.74) is 0.806. The van der Waals surface area contributed by atoms with Crippen LogP contribution >= 0.6 is 27.5 Å². The van der Waals surface area contributed by atoms with Crippen LogP contribution in [0.2, 0.25) is 5.02 Å². The summed E-state index contributed by atoms with van der Waals surface area (Å²) >= 11 is 9.61. The Morgan fingerprint density at radius 1 is 1.23 bits per heavy atom. The number of aryl methyl sites for hydroxylation is 1. The first-order chi connectivity index (χ1) is 14.8. The predicted molar refractivity (Wildman–Crippen MR) is 118 cm³/mol. The lowest BCUT2D eigenvalue weighted by molar-refractivity contribution is -0.132. The third kappa shape index (κ3) is 3.73. The van der Waals surface area contributed by atoms with E-state index in [9.17, 15) is 14.7 Å². The number of amides is 1. The van der Waals surface area contributed by atoms with Crippen molar-refractivity contribution in [3.8, 4) is 5.75 Å². The van der Waals surface area contributed by atoms with Gasteiger partial charge in [-0.05, 0) is 42.8 Å². The quantitative estimate of drug-likeness (QED) is 0.305. The Kier molecular flexibility index (Phi) is 5.60. The van der Waals surface area contributed by atoms with Crippen LogP contribution in [0.4, 0.5) is 5.82 Å². The number of ketones is 1. The number of aromatic nitrogens is 1. The number of carbonyl (C=O) groups is 2. The lowest BCUT2D eigenvalue weighted by Crippen LogP contribution is -2.29. The van der Waals surface area contributed by atoms with Crippen LogP contribution in [0.1, 0.15) is 22.9 Å². The van der Waals surface area contributed by atoms with Crippen molar-refractivity contribution in [1.29, 1.82) is 0 Å². The fourth-order valence-electron chi connectivity index (χ4n) is 3.50. The van der Waals surface area contributed by atoms with Gasteiger partial charge in [0.05, 0.1) is 23.7 Å². The van der Waals surface area contributed by atoms with Crippen molar-refractivity contribution >= 4 is 50.8 Å². The Morgan fingerprint density at radius 3 is 2.61 bits per heavy atom. The maximum Gasteiger partial charge on any atom is 0.301 e. The lowest BCUT2D eigenvalue weighted by Gasteiger charge is -2.23. The maximum absolute atomic E-state index is 13.1. The summed E-state index contributed by atoms with van der Waals surface area (Å²) < 4.78 is 11.0. The summed E-state index contributed by atoms with van der Waals surface area (Å²) in [6.07, 6.45) is 0. The average Bonchev–Trinajstić information content (AvgIpc) is 3.28. The van der Waals surface area contributed by atoms with Gasteiger partial charge in [0.1, 0.15) is 17.3 Å². The van der Waals surface area contributed by atoms with E-state index >= 15 is 0 Å². The molecule has 0 aliphatic carbocycles. The number of aliphatic hydroxyl groups excluding tert-OH is 1. The number of anilines is 1. The van der Waals surface area contributed by atoms with Crippen LogP contribution in [0.25, 0.3) is 5.76 Å². The van der Waals surface area contributed by atoms with E-state index in [0.717, 1.165) is 4.47 Å². The predicted octanol–water partition coefficient (Wildman–Crippen LogP) is 5.03. The number of benzene rings is 2. The Hall–Kier alpha value is -3.10. The number of halogens is 2. The first-order valence-electron chi connectivity index (χ1n) is 9.15. The molecule has 0 bridgehead atoms. The van der Waals surface area contributed by atoms with Crippen LogP contribution in [-0.4, -0.2) is 29.1 Å². The van der Waals surface area contributed by atoms with Crippen LogP contribution in [-0.2, 0) is 9.59 Å². The topological polar surface area (TPSA) is 92.9 Å². The molecule has 1 atom stereocenters. The molecule has 158 valence electrons. The number of Topliss-reactive ketones (excluding diaryl/α,β-unsaturated/α-hetero) is 1. The summed E-state index contributed by atoms with van der Waals surface area (Å²) in [5.74, 6) is -0.936. The molecule has 9 heteroatoms. The molecule has 7 nitrogen and oxygen atoms in total. The molecule has 1 aromatic heterocycles.